The Morgan fingerprint density at radius 1 is 1.39 bits per heavy atom. The highest BCUT2D eigenvalue weighted by atomic mass is 19.4. The topological polar surface area (TPSA) is 65.1 Å². The smallest absolute Gasteiger partial charge is 0.383 e. The molecule has 1 heterocycles. The Morgan fingerprint density at radius 3 is 2.74 bits per heavy atom. The van der Waals surface area contributed by atoms with Crippen LogP contribution in [0.25, 0.3) is 0 Å². The van der Waals surface area contributed by atoms with Crippen molar-refractivity contribution in [2.24, 2.45) is 5.92 Å². The number of hydrogen-bond acceptors (Lipinski definition) is 4. The molecule has 2 unspecified atom stereocenters. The molecule has 0 bridgehead atoms. The van der Waals surface area contributed by atoms with E-state index in [4.69, 9.17) is 5.26 Å². The Hall–Kier alpha value is -2.53. The molecule has 1 fully saturated rings. The second-order valence-corrected chi connectivity index (χ2v) is 8.73. The van der Waals surface area contributed by atoms with Crippen LogP contribution in [0.3, 0.4) is 0 Å². The predicted octanol–water partition coefficient (Wildman–Crippen LogP) is 5.09. The lowest BCUT2D eigenvalue weighted by Gasteiger charge is -2.43. The maximum atomic E-state index is 13.5. The van der Waals surface area contributed by atoms with Crippen LogP contribution in [0, 0.1) is 17.2 Å². The molecule has 5 nitrogen and oxygen atoms in total. The van der Waals surface area contributed by atoms with E-state index in [2.05, 4.69) is 18.8 Å². The van der Waals surface area contributed by atoms with Crippen LogP contribution in [0.15, 0.2) is 30.7 Å². The highest BCUT2D eigenvalue weighted by Crippen LogP contribution is 2.41. The van der Waals surface area contributed by atoms with Gasteiger partial charge in [-0.25, -0.2) is 4.98 Å². The van der Waals surface area contributed by atoms with Crippen molar-refractivity contribution in [2.45, 2.75) is 70.8 Å². The molecule has 1 aliphatic carbocycles. The minimum atomic E-state index is -4.60. The van der Waals surface area contributed by atoms with Crippen molar-refractivity contribution in [3.63, 3.8) is 0 Å². The van der Waals surface area contributed by atoms with E-state index in [0.717, 1.165) is 31.1 Å². The molecule has 1 saturated carbocycles. The number of imidazole rings is 1. The molecule has 168 valence electrons. The summed E-state index contributed by atoms with van der Waals surface area (Å²) in [4.78, 5) is 6.14. The fraction of sp³-hybridized carbons (Fsp3) is 0.565. The average Bonchev–Trinajstić information content (AvgIpc) is 3.16. The minimum Gasteiger partial charge on any atom is -0.383 e. The molecule has 1 aliphatic rings. The van der Waals surface area contributed by atoms with Crippen LogP contribution in [0.1, 0.15) is 63.3 Å². The Morgan fingerprint density at radius 2 is 2.13 bits per heavy atom. The summed E-state index contributed by atoms with van der Waals surface area (Å²) in [6, 6.07) is 5.35. The van der Waals surface area contributed by atoms with Gasteiger partial charge < -0.3 is 14.6 Å². The van der Waals surface area contributed by atoms with Crippen LogP contribution in [-0.4, -0.2) is 27.2 Å². The lowest BCUT2D eigenvalue weighted by atomic mass is 9.79. The molecule has 8 heteroatoms. The summed E-state index contributed by atoms with van der Waals surface area (Å²) in [6.45, 7) is 7.32. The third-order valence-corrected chi connectivity index (χ3v) is 5.99. The summed E-state index contributed by atoms with van der Waals surface area (Å²) < 4.78 is 42.4. The Bertz CT molecular complexity index is 947. The van der Waals surface area contributed by atoms with Gasteiger partial charge in [-0.15, -0.1) is 0 Å². The van der Waals surface area contributed by atoms with Crippen molar-refractivity contribution >= 4 is 5.69 Å². The molecule has 31 heavy (non-hydrogen) atoms. The van der Waals surface area contributed by atoms with Gasteiger partial charge >= 0.3 is 6.18 Å². The third kappa shape index (κ3) is 4.87. The predicted molar refractivity (Wildman–Crippen MR) is 112 cm³/mol. The van der Waals surface area contributed by atoms with E-state index in [0.29, 0.717) is 31.0 Å². The van der Waals surface area contributed by atoms with Crippen LogP contribution in [0.2, 0.25) is 0 Å². The fourth-order valence-corrected chi connectivity index (χ4v) is 4.66. The molecule has 0 spiro atoms. The van der Waals surface area contributed by atoms with Crippen LogP contribution in [0.5, 0.6) is 0 Å². The van der Waals surface area contributed by atoms with Gasteiger partial charge in [-0.2, -0.15) is 18.4 Å². The number of hydrogen-bond donors (Lipinski definition) is 1. The summed E-state index contributed by atoms with van der Waals surface area (Å²) in [5.74, 6) is 0.391. The zero-order chi connectivity index (χ0) is 22.8. The molecule has 0 amide bonds. The second kappa shape index (κ2) is 8.91. The molecule has 0 radical (unpaired) electrons. The highest BCUT2D eigenvalue weighted by Gasteiger charge is 2.41. The van der Waals surface area contributed by atoms with Gasteiger partial charge in [0.25, 0.3) is 0 Å². The first-order valence-corrected chi connectivity index (χ1v) is 10.7. The van der Waals surface area contributed by atoms with E-state index in [1.54, 1.807) is 24.7 Å². The van der Waals surface area contributed by atoms with Crippen LogP contribution in [-0.2, 0) is 18.3 Å². The van der Waals surface area contributed by atoms with E-state index in [1.165, 1.54) is 6.07 Å². The maximum absolute atomic E-state index is 13.5. The van der Waals surface area contributed by atoms with Crippen molar-refractivity contribution in [1.29, 1.82) is 5.26 Å². The molecule has 0 saturated heterocycles. The van der Waals surface area contributed by atoms with E-state index in [-0.39, 0.29) is 11.6 Å². The van der Waals surface area contributed by atoms with Gasteiger partial charge in [0, 0.05) is 31.2 Å². The zero-order valence-corrected chi connectivity index (χ0v) is 18.2. The van der Waals surface area contributed by atoms with Crippen molar-refractivity contribution in [3.05, 3.63) is 47.5 Å². The number of nitriles is 1. The summed E-state index contributed by atoms with van der Waals surface area (Å²) in [5.41, 5.74) is -1.21. The molecule has 1 aromatic carbocycles. The first kappa shape index (κ1) is 23.1. The number of aliphatic hydroxyl groups is 1. The van der Waals surface area contributed by atoms with Gasteiger partial charge in [0.15, 0.2) is 0 Å². The quantitative estimate of drug-likeness (QED) is 0.688. The number of halogens is 3. The normalized spacial score (nSPS) is 21.8. The van der Waals surface area contributed by atoms with Gasteiger partial charge in [0.1, 0.15) is 5.60 Å². The molecule has 3 rings (SSSR count). The second-order valence-electron chi connectivity index (χ2n) is 8.73. The molecule has 2 aromatic rings. The van der Waals surface area contributed by atoms with E-state index >= 15 is 0 Å². The van der Waals surface area contributed by atoms with Gasteiger partial charge in [-0.3, -0.25) is 0 Å². The fourth-order valence-electron chi connectivity index (χ4n) is 4.66. The molecule has 1 aromatic heterocycles. The average molecular weight is 435 g/mol. The minimum absolute atomic E-state index is 0.125. The van der Waals surface area contributed by atoms with Gasteiger partial charge in [0.2, 0.25) is 0 Å². The zero-order valence-electron chi connectivity index (χ0n) is 18.2. The van der Waals surface area contributed by atoms with Crippen molar-refractivity contribution in [2.75, 3.05) is 11.4 Å². The monoisotopic (exact) mass is 434 g/mol. The van der Waals surface area contributed by atoms with E-state index < -0.39 is 17.3 Å². The first-order valence-electron chi connectivity index (χ1n) is 10.7. The number of aromatic nitrogens is 2. The summed E-state index contributed by atoms with van der Waals surface area (Å²) >= 11 is 0. The SMILES string of the molecule is CCN(c1ccc(C#N)c(C(F)(F)F)c1)C1CCCC(O)(c2cncn2CC(C)C)C1. The largest absolute Gasteiger partial charge is 0.417 e. The van der Waals surface area contributed by atoms with Gasteiger partial charge in [-0.05, 0) is 50.3 Å². The number of anilines is 1. The Balaban J connectivity index is 1.92. The summed E-state index contributed by atoms with van der Waals surface area (Å²) in [7, 11) is 0. The molecule has 2 atom stereocenters. The summed E-state index contributed by atoms with van der Waals surface area (Å²) in [6.07, 6.45) is 1.35. The van der Waals surface area contributed by atoms with Crippen molar-refractivity contribution in [3.8, 4) is 6.07 Å². The molecular formula is C23H29F3N4O. The lowest BCUT2D eigenvalue weighted by molar-refractivity contribution is -0.137. The Kier molecular flexibility index (Phi) is 6.65. The molecule has 0 aliphatic heterocycles. The van der Waals surface area contributed by atoms with E-state index in [1.807, 2.05) is 16.4 Å². The van der Waals surface area contributed by atoms with Crippen LogP contribution in [0.4, 0.5) is 18.9 Å². The number of alkyl halides is 3. The van der Waals surface area contributed by atoms with Crippen LogP contribution < -0.4 is 4.90 Å². The van der Waals surface area contributed by atoms with E-state index in [9.17, 15) is 18.3 Å². The van der Waals surface area contributed by atoms with Gasteiger partial charge in [-0.1, -0.05) is 13.8 Å². The highest BCUT2D eigenvalue weighted by molar-refractivity contribution is 5.55. The standard InChI is InChI=1S/C23H29F3N4O/c1-4-30(18-8-7-17(12-27)20(10-18)23(24,25)26)19-6-5-9-22(31,11-19)21-13-28-15-29(21)14-16(2)3/h7-8,10,13,15-16,19,31H,4-6,9,11,14H2,1-3H3. The van der Waals surface area contributed by atoms with Gasteiger partial charge in [0.05, 0.1) is 35.4 Å². The number of rotatable bonds is 6. The molecule has 1 N–H and O–H groups in total. The van der Waals surface area contributed by atoms with Crippen LogP contribution >= 0.6 is 0 Å². The maximum Gasteiger partial charge on any atom is 0.417 e. The van der Waals surface area contributed by atoms with Crippen molar-refractivity contribution < 1.29 is 18.3 Å². The van der Waals surface area contributed by atoms with Crippen molar-refractivity contribution in [1.82, 2.24) is 9.55 Å². The number of nitrogens with zero attached hydrogens (tertiary/aromatic N) is 4. The third-order valence-electron chi connectivity index (χ3n) is 5.99. The lowest BCUT2D eigenvalue weighted by Crippen LogP contribution is -2.45. The summed E-state index contributed by atoms with van der Waals surface area (Å²) in [5, 5.41) is 20.6. The first-order chi connectivity index (χ1) is 14.6. The molecular weight excluding hydrogens is 405 g/mol. The number of benzene rings is 1. The Labute approximate surface area is 181 Å².